The van der Waals surface area contributed by atoms with Crippen LogP contribution in [0.25, 0.3) is 11.1 Å². The van der Waals surface area contributed by atoms with Gasteiger partial charge in [-0.1, -0.05) is 48.5 Å². The van der Waals surface area contributed by atoms with Crippen LogP contribution in [0.15, 0.2) is 48.5 Å². The van der Waals surface area contributed by atoms with Crippen molar-refractivity contribution >= 4 is 12.1 Å². The van der Waals surface area contributed by atoms with Crippen LogP contribution in [-0.4, -0.2) is 76.5 Å². The number of carbonyl (C=O) groups is 2. The normalized spacial score (nSPS) is 13.5. The minimum absolute atomic E-state index is 0.0534. The molecule has 0 saturated carbocycles. The smallest absolute Gasteiger partial charge is 0.407 e. The highest BCUT2D eigenvalue weighted by Crippen LogP contribution is 2.44. The van der Waals surface area contributed by atoms with Crippen LogP contribution < -0.4 is 11.1 Å². The number of fused-ring (bicyclic) bond motifs is 3. The van der Waals surface area contributed by atoms with Gasteiger partial charge >= 0.3 is 12.1 Å². The van der Waals surface area contributed by atoms with Crippen LogP contribution in [0.1, 0.15) is 37.8 Å². The Morgan fingerprint density at radius 2 is 1.46 bits per heavy atom. The van der Waals surface area contributed by atoms with E-state index in [2.05, 4.69) is 29.6 Å². The number of benzene rings is 2. The number of rotatable bonds is 14. The fourth-order valence-electron chi connectivity index (χ4n) is 4.04. The standard InChI is InChI=1S/C28H38N2O7/c1-28(2,3)37-15-14-33-12-13-34-17-20(18-35-26(31)16-29)30-27(32)36-19-25-23-10-6-4-8-21(23)22-9-5-7-11-24(22)25/h4-11,20,25H,12-19,29H2,1-3H3,(H,30,32)/t20-/m1/s1. The summed E-state index contributed by atoms with van der Waals surface area (Å²) in [5, 5.41) is 2.73. The molecule has 0 aromatic heterocycles. The molecule has 0 saturated heterocycles. The van der Waals surface area contributed by atoms with Crippen LogP contribution in [0.4, 0.5) is 4.79 Å². The highest BCUT2D eigenvalue weighted by molar-refractivity contribution is 5.79. The quantitative estimate of drug-likeness (QED) is 0.291. The third-order valence-electron chi connectivity index (χ3n) is 5.73. The number of amides is 1. The second-order valence-electron chi connectivity index (χ2n) is 9.70. The van der Waals surface area contributed by atoms with Gasteiger partial charge in [-0.15, -0.1) is 0 Å². The molecule has 3 N–H and O–H groups in total. The first-order chi connectivity index (χ1) is 17.8. The van der Waals surface area contributed by atoms with Gasteiger partial charge in [0, 0.05) is 5.92 Å². The molecule has 1 atom stereocenters. The van der Waals surface area contributed by atoms with Gasteiger partial charge in [0.25, 0.3) is 0 Å². The monoisotopic (exact) mass is 514 g/mol. The zero-order chi connectivity index (χ0) is 26.7. The molecular weight excluding hydrogens is 476 g/mol. The van der Waals surface area contributed by atoms with Crippen molar-refractivity contribution in [1.29, 1.82) is 0 Å². The average Bonchev–Trinajstić information content (AvgIpc) is 3.20. The maximum atomic E-state index is 12.6. The van der Waals surface area contributed by atoms with E-state index in [1.807, 2.05) is 45.0 Å². The molecule has 1 aliphatic carbocycles. The number of nitrogens with one attached hydrogen (secondary N) is 1. The first kappa shape index (κ1) is 28.6. The van der Waals surface area contributed by atoms with E-state index in [-0.39, 0.29) is 37.9 Å². The van der Waals surface area contributed by atoms with Crippen LogP contribution in [0.2, 0.25) is 0 Å². The number of hydrogen-bond acceptors (Lipinski definition) is 8. The maximum absolute atomic E-state index is 12.6. The van der Waals surface area contributed by atoms with E-state index >= 15 is 0 Å². The van der Waals surface area contributed by atoms with Crippen molar-refractivity contribution in [2.24, 2.45) is 5.73 Å². The summed E-state index contributed by atoms with van der Waals surface area (Å²) in [5.41, 5.74) is 9.66. The SMILES string of the molecule is CC(C)(C)OCCOCCOC[C@H](COC(=O)CN)NC(=O)OCC1c2ccccc2-c2ccccc21. The fraction of sp³-hybridized carbons (Fsp3) is 0.500. The third kappa shape index (κ3) is 9.12. The predicted octanol–water partition coefficient (Wildman–Crippen LogP) is 3.24. The molecule has 2 aromatic rings. The molecule has 2 aromatic carbocycles. The number of nitrogens with two attached hydrogens (primary N) is 1. The van der Waals surface area contributed by atoms with Crippen LogP contribution in [-0.2, 0) is 28.5 Å². The summed E-state index contributed by atoms with van der Waals surface area (Å²) < 4.78 is 27.4. The summed E-state index contributed by atoms with van der Waals surface area (Å²) in [6, 6.07) is 15.6. The summed E-state index contributed by atoms with van der Waals surface area (Å²) in [6.45, 7) is 7.54. The minimum atomic E-state index is -0.616. The topological polar surface area (TPSA) is 118 Å². The molecule has 0 fully saturated rings. The highest BCUT2D eigenvalue weighted by Gasteiger charge is 2.29. The first-order valence-corrected chi connectivity index (χ1v) is 12.5. The molecule has 0 radical (unpaired) electrons. The second-order valence-corrected chi connectivity index (χ2v) is 9.70. The summed E-state index contributed by atoms with van der Waals surface area (Å²) in [5.74, 6) is -0.621. The van der Waals surface area contributed by atoms with Crippen LogP contribution in [0, 0.1) is 0 Å². The average molecular weight is 515 g/mol. The van der Waals surface area contributed by atoms with E-state index in [4.69, 9.17) is 29.4 Å². The summed E-state index contributed by atoms with van der Waals surface area (Å²) in [4.78, 5) is 24.2. The lowest BCUT2D eigenvalue weighted by Crippen LogP contribution is -2.43. The maximum Gasteiger partial charge on any atom is 0.407 e. The second kappa shape index (κ2) is 14.1. The van der Waals surface area contributed by atoms with Gasteiger partial charge in [0.1, 0.15) is 13.2 Å². The zero-order valence-electron chi connectivity index (χ0n) is 21.9. The predicted molar refractivity (Wildman–Crippen MR) is 139 cm³/mol. The molecule has 0 bridgehead atoms. The van der Waals surface area contributed by atoms with Gasteiger partial charge in [-0.3, -0.25) is 4.79 Å². The lowest BCUT2D eigenvalue weighted by molar-refractivity contribution is -0.143. The van der Waals surface area contributed by atoms with Crippen molar-refractivity contribution < 1.29 is 33.3 Å². The van der Waals surface area contributed by atoms with Crippen molar-refractivity contribution in [3.8, 4) is 11.1 Å². The molecule has 0 aliphatic heterocycles. The Kier molecular flexibility index (Phi) is 10.9. The van der Waals surface area contributed by atoms with Gasteiger partial charge in [-0.05, 0) is 43.0 Å². The Morgan fingerprint density at radius 3 is 2.08 bits per heavy atom. The lowest BCUT2D eigenvalue weighted by atomic mass is 9.98. The molecule has 37 heavy (non-hydrogen) atoms. The Labute approximate surface area is 218 Å². The Bertz CT molecular complexity index is 976. The summed E-state index contributed by atoms with van der Waals surface area (Å²) in [6.07, 6.45) is -0.616. The molecule has 9 heteroatoms. The number of esters is 1. The van der Waals surface area contributed by atoms with Gasteiger partial charge in [-0.2, -0.15) is 0 Å². The number of alkyl carbamates (subject to hydrolysis) is 1. The molecule has 1 amide bonds. The molecule has 0 heterocycles. The van der Waals surface area contributed by atoms with Gasteiger partial charge in [0.05, 0.1) is 51.2 Å². The number of ether oxygens (including phenoxy) is 5. The number of carbonyl (C=O) groups excluding carboxylic acids is 2. The molecule has 1 aliphatic rings. The van der Waals surface area contributed by atoms with Gasteiger partial charge < -0.3 is 34.7 Å². The van der Waals surface area contributed by atoms with Crippen molar-refractivity contribution in [1.82, 2.24) is 5.32 Å². The Hall–Kier alpha value is -2.98. The van der Waals surface area contributed by atoms with E-state index in [1.54, 1.807) is 0 Å². The summed E-state index contributed by atoms with van der Waals surface area (Å²) >= 11 is 0. The van der Waals surface area contributed by atoms with Crippen molar-refractivity contribution in [3.05, 3.63) is 59.7 Å². The zero-order valence-corrected chi connectivity index (χ0v) is 21.9. The molecule has 0 unspecified atom stereocenters. The van der Waals surface area contributed by atoms with E-state index < -0.39 is 18.1 Å². The lowest BCUT2D eigenvalue weighted by Gasteiger charge is -2.20. The first-order valence-electron chi connectivity index (χ1n) is 12.5. The van der Waals surface area contributed by atoms with Crippen LogP contribution in [0.5, 0.6) is 0 Å². The third-order valence-corrected chi connectivity index (χ3v) is 5.73. The largest absolute Gasteiger partial charge is 0.462 e. The molecule has 202 valence electrons. The van der Waals surface area contributed by atoms with Crippen molar-refractivity contribution in [2.45, 2.75) is 38.3 Å². The van der Waals surface area contributed by atoms with E-state index in [0.29, 0.717) is 26.4 Å². The van der Waals surface area contributed by atoms with Crippen molar-refractivity contribution in [2.75, 3.05) is 52.8 Å². The van der Waals surface area contributed by atoms with Gasteiger partial charge in [0.15, 0.2) is 0 Å². The molecule has 0 spiro atoms. The van der Waals surface area contributed by atoms with Crippen molar-refractivity contribution in [3.63, 3.8) is 0 Å². The van der Waals surface area contributed by atoms with E-state index in [9.17, 15) is 9.59 Å². The Balaban J connectivity index is 1.46. The molecule has 3 rings (SSSR count). The van der Waals surface area contributed by atoms with Crippen LogP contribution >= 0.6 is 0 Å². The molecular formula is C28H38N2O7. The molecule has 9 nitrogen and oxygen atoms in total. The van der Waals surface area contributed by atoms with Gasteiger partial charge in [-0.25, -0.2) is 4.79 Å². The summed E-state index contributed by atoms with van der Waals surface area (Å²) in [7, 11) is 0. The van der Waals surface area contributed by atoms with Gasteiger partial charge in [0.2, 0.25) is 0 Å². The fourth-order valence-corrected chi connectivity index (χ4v) is 4.04. The Morgan fingerprint density at radius 1 is 0.865 bits per heavy atom. The number of hydrogen-bond donors (Lipinski definition) is 2. The van der Waals surface area contributed by atoms with Crippen LogP contribution in [0.3, 0.4) is 0 Å². The highest BCUT2D eigenvalue weighted by atomic mass is 16.6. The van der Waals surface area contributed by atoms with E-state index in [0.717, 1.165) is 22.3 Å². The minimum Gasteiger partial charge on any atom is -0.462 e. The van der Waals surface area contributed by atoms with E-state index in [1.165, 1.54) is 0 Å².